The Morgan fingerprint density at radius 3 is 2.74 bits per heavy atom. The highest BCUT2D eigenvalue weighted by Crippen LogP contribution is 2.21. The highest BCUT2D eigenvalue weighted by molar-refractivity contribution is 7.99. The number of thioether (sulfide) groups is 1. The van der Waals surface area contributed by atoms with Gasteiger partial charge in [-0.3, -0.25) is 9.36 Å². The molecule has 0 saturated heterocycles. The summed E-state index contributed by atoms with van der Waals surface area (Å²) in [5.41, 5.74) is 0.865. The van der Waals surface area contributed by atoms with Gasteiger partial charge in [-0.05, 0) is 18.9 Å². The van der Waals surface area contributed by atoms with Gasteiger partial charge in [0.15, 0.2) is 5.16 Å². The molecule has 2 aromatic rings. The summed E-state index contributed by atoms with van der Waals surface area (Å²) in [7, 11) is 1.80. The summed E-state index contributed by atoms with van der Waals surface area (Å²) in [6.07, 6.45) is 0.839. The molecule has 1 aromatic carbocycles. The first-order valence-electron chi connectivity index (χ1n) is 7.63. The zero-order valence-electron chi connectivity index (χ0n) is 13.7. The van der Waals surface area contributed by atoms with Crippen molar-refractivity contribution in [1.29, 1.82) is 0 Å². The molecule has 0 aliphatic carbocycles. The van der Waals surface area contributed by atoms with Gasteiger partial charge in [-0.2, -0.15) is 0 Å². The molecule has 1 aromatic heterocycles. The van der Waals surface area contributed by atoms with Crippen LogP contribution in [-0.2, 0) is 11.3 Å². The maximum Gasteiger partial charge on any atom is 0.343 e. The molecule has 124 valence electrons. The van der Waals surface area contributed by atoms with Gasteiger partial charge in [0.2, 0.25) is 5.91 Å². The number of hydrogen-bond acceptors (Lipinski definition) is 4. The number of aromatic amines is 1. The fourth-order valence-electron chi connectivity index (χ4n) is 2.23. The predicted octanol–water partition coefficient (Wildman–Crippen LogP) is 2.29. The standard InChI is InChI=1S/C16H22N4O2S/c1-4-10-20-15(22)17-18-16(20)23-11-14(21)19(3)12(2)13-8-6-5-7-9-13/h5-9,12H,4,10-11H2,1-3H3,(H,17,22). The van der Waals surface area contributed by atoms with E-state index in [1.165, 1.54) is 11.8 Å². The summed E-state index contributed by atoms with van der Waals surface area (Å²) in [5.74, 6) is 0.256. The van der Waals surface area contributed by atoms with Crippen LogP contribution in [0.15, 0.2) is 40.3 Å². The molecule has 0 aliphatic heterocycles. The van der Waals surface area contributed by atoms with Crippen LogP contribution in [0.4, 0.5) is 0 Å². The number of rotatable bonds is 7. The summed E-state index contributed by atoms with van der Waals surface area (Å²) in [6.45, 7) is 4.59. The van der Waals surface area contributed by atoms with Gasteiger partial charge in [0.25, 0.3) is 0 Å². The van der Waals surface area contributed by atoms with Crippen LogP contribution in [0.1, 0.15) is 31.9 Å². The first-order chi connectivity index (χ1) is 11.0. The minimum absolute atomic E-state index is 0.00122. The van der Waals surface area contributed by atoms with E-state index in [1.54, 1.807) is 16.5 Å². The lowest BCUT2D eigenvalue weighted by molar-refractivity contribution is -0.128. The van der Waals surface area contributed by atoms with E-state index in [9.17, 15) is 9.59 Å². The van der Waals surface area contributed by atoms with Gasteiger partial charge in [-0.25, -0.2) is 9.89 Å². The Bertz CT molecular complexity index is 696. The van der Waals surface area contributed by atoms with Crippen molar-refractivity contribution in [3.8, 4) is 0 Å². The Balaban J connectivity index is 1.98. The molecule has 0 saturated carbocycles. The molecule has 0 bridgehead atoms. The van der Waals surface area contributed by atoms with Crippen molar-refractivity contribution in [1.82, 2.24) is 19.7 Å². The quantitative estimate of drug-likeness (QED) is 0.789. The third kappa shape index (κ3) is 4.25. The topological polar surface area (TPSA) is 71.0 Å². The molecular formula is C16H22N4O2S. The highest BCUT2D eigenvalue weighted by Gasteiger charge is 2.18. The zero-order chi connectivity index (χ0) is 16.8. The Labute approximate surface area is 139 Å². The largest absolute Gasteiger partial charge is 0.343 e. The molecule has 0 radical (unpaired) electrons. The number of hydrogen-bond donors (Lipinski definition) is 1. The number of benzene rings is 1. The van der Waals surface area contributed by atoms with E-state index in [-0.39, 0.29) is 23.4 Å². The Hall–Kier alpha value is -2.02. The van der Waals surface area contributed by atoms with Gasteiger partial charge in [0, 0.05) is 13.6 Å². The van der Waals surface area contributed by atoms with Crippen molar-refractivity contribution in [3.05, 3.63) is 46.4 Å². The summed E-state index contributed by atoms with van der Waals surface area (Å²) in [4.78, 5) is 25.7. The van der Waals surface area contributed by atoms with Crippen LogP contribution in [0.5, 0.6) is 0 Å². The second-order valence-corrected chi connectivity index (χ2v) is 6.29. The van der Waals surface area contributed by atoms with E-state index in [4.69, 9.17) is 0 Å². The number of amides is 1. The van der Waals surface area contributed by atoms with E-state index in [0.717, 1.165) is 12.0 Å². The Morgan fingerprint density at radius 2 is 2.09 bits per heavy atom. The average molecular weight is 334 g/mol. The third-order valence-corrected chi connectivity index (χ3v) is 4.71. The first-order valence-corrected chi connectivity index (χ1v) is 8.61. The van der Waals surface area contributed by atoms with Crippen molar-refractivity contribution >= 4 is 17.7 Å². The minimum Gasteiger partial charge on any atom is -0.338 e. The van der Waals surface area contributed by atoms with Crippen molar-refractivity contribution in [2.75, 3.05) is 12.8 Å². The molecular weight excluding hydrogens is 312 g/mol. The molecule has 23 heavy (non-hydrogen) atoms. The van der Waals surface area contributed by atoms with E-state index in [0.29, 0.717) is 11.7 Å². The van der Waals surface area contributed by atoms with Crippen molar-refractivity contribution < 1.29 is 4.79 Å². The molecule has 6 nitrogen and oxygen atoms in total. The number of carbonyl (C=O) groups is 1. The fourth-order valence-corrected chi connectivity index (χ4v) is 3.13. The number of nitrogens with one attached hydrogen (secondary N) is 1. The highest BCUT2D eigenvalue weighted by atomic mass is 32.2. The number of nitrogens with zero attached hydrogens (tertiary/aromatic N) is 3. The number of aromatic nitrogens is 3. The molecule has 0 fully saturated rings. The summed E-state index contributed by atoms with van der Waals surface area (Å²) >= 11 is 1.29. The van der Waals surface area contributed by atoms with E-state index < -0.39 is 0 Å². The molecule has 1 heterocycles. The van der Waals surface area contributed by atoms with Crippen LogP contribution < -0.4 is 5.69 Å². The molecule has 1 unspecified atom stereocenters. The third-order valence-electron chi connectivity index (χ3n) is 3.75. The van der Waals surface area contributed by atoms with Crippen LogP contribution in [0.2, 0.25) is 0 Å². The maximum absolute atomic E-state index is 12.4. The second kappa shape index (κ2) is 8.01. The molecule has 0 aliphatic rings. The second-order valence-electron chi connectivity index (χ2n) is 5.34. The van der Waals surface area contributed by atoms with E-state index in [1.807, 2.05) is 44.2 Å². The van der Waals surface area contributed by atoms with E-state index >= 15 is 0 Å². The van der Waals surface area contributed by atoms with Gasteiger partial charge in [-0.15, -0.1) is 5.10 Å². The Kier molecular flexibility index (Phi) is 6.04. The average Bonchev–Trinajstić information content (AvgIpc) is 2.93. The van der Waals surface area contributed by atoms with Crippen molar-refractivity contribution in [3.63, 3.8) is 0 Å². The van der Waals surface area contributed by atoms with Crippen LogP contribution in [-0.4, -0.2) is 38.4 Å². The van der Waals surface area contributed by atoms with Crippen molar-refractivity contribution in [2.45, 2.75) is 38.0 Å². The molecule has 1 amide bonds. The molecule has 0 spiro atoms. The Morgan fingerprint density at radius 1 is 1.39 bits per heavy atom. The van der Waals surface area contributed by atoms with Crippen LogP contribution >= 0.6 is 11.8 Å². The lowest BCUT2D eigenvalue weighted by Gasteiger charge is -2.25. The summed E-state index contributed by atoms with van der Waals surface area (Å²) in [6, 6.07) is 9.90. The van der Waals surface area contributed by atoms with Gasteiger partial charge < -0.3 is 4.90 Å². The summed E-state index contributed by atoms with van der Waals surface area (Å²) in [5, 5.41) is 6.98. The van der Waals surface area contributed by atoms with Gasteiger partial charge in [0.05, 0.1) is 11.8 Å². The molecule has 1 N–H and O–H groups in total. The van der Waals surface area contributed by atoms with Gasteiger partial charge >= 0.3 is 5.69 Å². The number of H-pyrrole nitrogens is 1. The zero-order valence-corrected chi connectivity index (χ0v) is 14.5. The molecule has 7 heteroatoms. The fraction of sp³-hybridized carbons (Fsp3) is 0.438. The minimum atomic E-state index is -0.229. The number of carbonyl (C=O) groups excluding carboxylic acids is 1. The first kappa shape index (κ1) is 17.3. The smallest absolute Gasteiger partial charge is 0.338 e. The van der Waals surface area contributed by atoms with Gasteiger partial charge in [0.1, 0.15) is 0 Å². The SMILES string of the molecule is CCCn1c(SCC(=O)N(C)C(C)c2ccccc2)n[nH]c1=O. The lowest BCUT2D eigenvalue weighted by atomic mass is 10.1. The monoisotopic (exact) mass is 334 g/mol. The predicted molar refractivity (Wildman–Crippen MR) is 91.5 cm³/mol. The van der Waals surface area contributed by atoms with Gasteiger partial charge in [-0.1, -0.05) is 49.0 Å². The van der Waals surface area contributed by atoms with Crippen LogP contribution in [0, 0.1) is 0 Å². The molecule has 2 rings (SSSR count). The van der Waals surface area contributed by atoms with Crippen molar-refractivity contribution in [2.24, 2.45) is 0 Å². The van der Waals surface area contributed by atoms with Crippen LogP contribution in [0.25, 0.3) is 0 Å². The molecule has 1 atom stereocenters. The lowest BCUT2D eigenvalue weighted by Crippen LogP contribution is -2.31. The normalized spacial score (nSPS) is 12.1. The maximum atomic E-state index is 12.4. The van der Waals surface area contributed by atoms with E-state index in [2.05, 4.69) is 10.2 Å². The summed E-state index contributed by atoms with van der Waals surface area (Å²) < 4.78 is 1.57. The van der Waals surface area contributed by atoms with Crippen LogP contribution in [0.3, 0.4) is 0 Å².